The van der Waals surface area contributed by atoms with E-state index in [-0.39, 0.29) is 23.1 Å². The molecule has 1 aliphatic rings. The first-order valence-corrected chi connectivity index (χ1v) is 8.13. The molecule has 0 aliphatic carbocycles. The van der Waals surface area contributed by atoms with Crippen molar-refractivity contribution < 1.29 is 22.8 Å². The van der Waals surface area contributed by atoms with E-state index in [9.17, 15) is 22.8 Å². The van der Waals surface area contributed by atoms with Crippen LogP contribution in [0.2, 0.25) is 0 Å². The molecule has 0 bridgehead atoms. The first-order chi connectivity index (χ1) is 12.9. The van der Waals surface area contributed by atoms with E-state index in [2.05, 4.69) is 15.5 Å². The van der Waals surface area contributed by atoms with Gasteiger partial charge in [-0.2, -0.15) is 13.2 Å². The lowest BCUT2D eigenvalue weighted by atomic mass is 10.2. The Kier molecular flexibility index (Phi) is 5.24. The van der Waals surface area contributed by atoms with Crippen LogP contribution in [-0.2, 0) is 11.0 Å². The van der Waals surface area contributed by atoms with Crippen LogP contribution in [0.4, 0.5) is 24.7 Å². The summed E-state index contributed by atoms with van der Waals surface area (Å²) in [6.07, 6.45) is -3.69. The first kappa shape index (κ1) is 18.6. The predicted octanol–water partition coefficient (Wildman–Crippen LogP) is 2.15. The number of alkyl halides is 3. The molecule has 27 heavy (non-hydrogen) atoms. The van der Waals surface area contributed by atoms with Crippen molar-refractivity contribution in [2.24, 2.45) is 0 Å². The highest BCUT2D eigenvalue weighted by molar-refractivity contribution is 5.92. The molecule has 0 unspecified atom stereocenters. The molecule has 1 N–H and O–H groups in total. The maximum absolute atomic E-state index is 12.8. The van der Waals surface area contributed by atoms with E-state index in [0.29, 0.717) is 26.2 Å². The third-order valence-electron chi connectivity index (χ3n) is 4.10. The summed E-state index contributed by atoms with van der Waals surface area (Å²) in [7, 11) is 0. The van der Waals surface area contributed by atoms with Gasteiger partial charge in [0.2, 0.25) is 6.41 Å². The molecule has 1 aromatic carbocycles. The fourth-order valence-electron chi connectivity index (χ4n) is 2.63. The molecule has 0 atom stereocenters. The monoisotopic (exact) mass is 379 g/mol. The first-order valence-electron chi connectivity index (χ1n) is 8.13. The van der Waals surface area contributed by atoms with Crippen molar-refractivity contribution in [3.63, 3.8) is 0 Å². The van der Waals surface area contributed by atoms with Crippen molar-refractivity contribution in [2.45, 2.75) is 6.18 Å². The fourth-order valence-corrected chi connectivity index (χ4v) is 2.63. The number of nitrogens with zero attached hydrogens (tertiary/aromatic N) is 4. The third-order valence-corrected chi connectivity index (χ3v) is 4.10. The molecule has 1 aliphatic heterocycles. The van der Waals surface area contributed by atoms with Crippen molar-refractivity contribution in [3.05, 3.63) is 47.7 Å². The highest BCUT2D eigenvalue weighted by atomic mass is 19.4. The summed E-state index contributed by atoms with van der Waals surface area (Å²) in [4.78, 5) is 26.2. The van der Waals surface area contributed by atoms with E-state index in [1.807, 2.05) is 0 Å². The summed E-state index contributed by atoms with van der Waals surface area (Å²) in [6, 6.07) is 7.63. The molecule has 1 fully saturated rings. The lowest BCUT2D eigenvalue weighted by molar-refractivity contribution is -0.137. The molecule has 2 amide bonds. The maximum atomic E-state index is 12.8. The zero-order valence-corrected chi connectivity index (χ0v) is 14.1. The number of aromatic nitrogens is 2. The normalized spacial score (nSPS) is 14.8. The number of carbonyl (C=O) groups is 2. The van der Waals surface area contributed by atoms with Crippen LogP contribution in [0, 0.1) is 0 Å². The topological polar surface area (TPSA) is 78.4 Å². The van der Waals surface area contributed by atoms with Gasteiger partial charge in [-0.3, -0.25) is 9.59 Å². The van der Waals surface area contributed by atoms with Gasteiger partial charge in [-0.05, 0) is 30.3 Å². The van der Waals surface area contributed by atoms with Crippen LogP contribution in [0.15, 0.2) is 36.4 Å². The van der Waals surface area contributed by atoms with Gasteiger partial charge in [0.05, 0.1) is 5.56 Å². The van der Waals surface area contributed by atoms with Gasteiger partial charge in [-0.1, -0.05) is 6.07 Å². The van der Waals surface area contributed by atoms with Gasteiger partial charge in [-0.15, -0.1) is 10.2 Å². The van der Waals surface area contributed by atoms with Gasteiger partial charge >= 0.3 is 6.18 Å². The summed E-state index contributed by atoms with van der Waals surface area (Å²) >= 11 is 0. The fraction of sp³-hybridized carbons (Fsp3) is 0.294. The summed E-state index contributed by atoms with van der Waals surface area (Å²) in [6.45, 7) is 1.72. The number of halogens is 3. The van der Waals surface area contributed by atoms with Crippen LogP contribution in [-0.4, -0.2) is 58.5 Å². The van der Waals surface area contributed by atoms with Crippen molar-refractivity contribution in [3.8, 4) is 0 Å². The standard InChI is InChI=1S/C17H16F3N5O2/c18-17(19,20)12-2-1-3-13(10-12)21-15-5-4-14(22-23-15)16(27)25-8-6-24(11-26)7-9-25/h1-5,10-11H,6-9H2,(H,21,23). The Morgan fingerprint density at radius 2 is 1.81 bits per heavy atom. The molecular weight excluding hydrogens is 363 g/mol. The van der Waals surface area contributed by atoms with Crippen LogP contribution in [0.25, 0.3) is 0 Å². The molecule has 2 aromatic rings. The predicted molar refractivity (Wildman–Crippen MR) is 90.3 cm³/mol. The Balaban J connectivity index is 1.65. The van der Waals surface area contributed by atoms with Gasteiger partial charge in [0.1, 0.15) is 0 Å². The molecule has 7 nitrogen and oxygen atoms in total. The highest BCUT2D eigenvalue weighted by Crippen LogP contribution is 2.31. The van der Waals surface area contributed by atoms with Crippen LogP contribution in [0.5, 0.6) is 0 Å². The minimum Gasteiger partial charge on any atom is -0.342 e. The van der Waals surface area contributed by atoms with E-state index >= 15 is 0 Å². The maximum Gasteiger partial charge on any atom is 0.416 e. The number of hydrogen-bond acceptors (Lipinski definition) is 5. The van der Waals surface area contributed by atoms with Crippen LogP contribution in [0.3, 0.4) is 0 Å². The van der Waals surface area contributed by atoms with Crippen LogP contribution >= 0.6 is 0 Å². The zero-order valence-electron chi connectivity index (χ0n) is 14.1. The number of anilines is 2. The van der Waals surface area contributed by atoms with E-state index in [1.165, 1.54) is 24.3 Å². The van der Waals surface area contributed by atoms with E-state index < -0.39 is 11.7 Å². The Morgan fingerprint density at radius 3 is 2.41 bits per heavy atom. The summed E-state index contributed by atoms with van der Waals surface area (Å²) in [5, 5.41) is 10.4. The summed E-state index contributed by atoms with van der Waals surface area (Å²) in [5.41, 5.74) is -0.436. The van der Waals surface area contributed by atoms with Gasteiger partial charge < -0.3 is 15.1 Å². The van der Waals surface area contributed by atoms with Gasteiger partial charge in [0.25, 0.3) is 5.91 Å². The second-order valence-corrected chi connectivity index (χ2v) is 5.94. The SMILES string of the molecule is O=CN1CCN(C(=O)c2ccc(Nc3cccc(C(F)(F)F)c3)nn2)CC1. The average Bonchev–Trinajstić information content (AvgIpc) is 2.68. The zero-order chi connectivity index (χ0) is 19.4. The van der Waals surface area contributed by atoms with Gasteiger partial charge in [0, 0.05) is 31.9 Å². The summed E-state index contributed by atoms with van der Waals surface area (Å²) in [5.74, 6) is -0.0877. The number of amides is 2. The van der Waals surface area contributed by atoms with E-state index in [4.69, 9.17) is 0 Å². The Bertz CT molecular complexity index is 818. The molecule has 10 heteroatoms. The largest absolute Gasteiger partial charge is 0.416 e. The van der Waals surface area contributed by atoms with Gasteiger partial charge in [-0.25, -0.2) is 0 Å². The van der Waals surface area contributed by atoms with Crippen molar-refractivity contribution in [1.82, 2.24) is 20.0 Å². The number of benzene rings is 1. The van der Waals surface area contributed by atoms with Crippen LogP contribution < -0.4 is 5.32 Å². The smallest absolute Gasteiger partial charge is 0.342 e. The molecule has 0 spiro atoms. The minimum absolute atomic E-state index is 0.129. The molecule has 1 aromatic heterocycles. The summed E-state index contributed by atoms with van der Waals surface area (Å²) < 4.78 is 38.3. The Morgan fingerprint density at radius 1 is 1.07 bits per heavy atom. The number of piperazine rings is 1. The molecule has 0 saturated carbocycles. The van der Waals surface area contributed by atoms with Crippen molar-refractivity contribution in [2.75, 3.05) is 31.5 Å². The number of rotatable bonds is 4. The van der Waals surface area contributed by atoms with Crippen LogP contribution in [0.1, 0.15) is 16.1 Å². The lowest BCUT2D eigenvalue weighted by Crippen LogP contribution is -2.48. The number of hydrogen-bond donors (Lipinski definition) is 1. The average molecular weight is 379 g/mol. The minimum atomic E-state index is -4.44. The van der Waals surface area contributed by atoms with Crippen molar-refractivity contribution >= 4 is 23.8 Å². The molecular formula is C17H16F3N5O2. The molecule has 0 radical (unpaired) electrons. The van der Waals surface area contributed by atoms with E-state index in [1.54, 1.807) is 9.80 Å². The van der Waals surface area contributed by atoms with Gasteiger partial charge in [0.15, 0.2) is 11.5 Å². The third kappa shape index (κ3) is 4.52. The molecule has 142 valence electrons. The number of nitrogens with one attached hydrogen (secondary N) is 1. The molecule has 3 rings (SSSR count). The van der Waals surface area contributed by atoms with Crippen molar-refractivity contribution in [1.29, 1.82) is 0 Å². The second-order valence-electron chi connectivity index (χ2n) is 5.94. The number of carbonyl (C=O) groups excluding carboxylic acids is 2. The Hall–Kier alpha value is -3.17. The quantitative estimate of drug-likeness (QED) is 0.824. The lowest BCUT2D eigenvalue weighted by Gasteiger charge is -2.32. The molecule has 2 heterocycles. The highest BCUT2D eigenvalue weighted by Gasteiger charge is 2.30. The molecule has 1 saturated heterocycles. The van der Waals surface area contributed by atoms with E-state index in [0.717, 1.165) is 18.5 Å². The Labute approximate surface area is 152 Å². The second kappa shape index (κ2) is 7.60.